The lowest BCUT2D eigenvalue weighted by Gasteiger charge is -2.11. The summed E-state index contributed by atoms with van der Waals surface area (Å²) in [5.74, 6) is 0.328. The first-order chi connectivity index (χ1) is 17.1. The Labute approximate surface area is 210 Å². The second-order valence-corrected chi connectivity index (χ2v) is 9.06. The highest BCUT2D eigenvalue weighted by atomic mass is 32.1. The highest BCUT2D eigenvalue weighted by Crippen LogP contribution is 2.46. The van der Waals surface area contributed by atoms with Gasteiger partial charge in [0.15, 0.2) is 5.75 Å². The van der Waals surface area contributed by atoms with Crippen LogP contribution in [0, 0.1) is 5.82 Å². The third kappa shape index (κ3) is 4.65. The fourth-order valence-electron chi connectivity index (χ4n) is 4.47. The second-order valence-electron chi connectivity index (χ2n) is 8.18. The number of hydrogen-bond acceptors (Lipinski definition) is 3. The Morgan fingerprint density at radius 1 is 0.943 bits per heavy atom. The van der Waals surface area contributed by atoms with Gasteiger partial charge in [0.05, 0.1) is 28.2 Å². The Balaban J connectivity index is 0.00000141. The second kappa shape index (κ2) is 11.0. The number of aromatic hydroxyl groups is 1. The van der Waals surface area contributed by atoms with Crippen LogP contribution in [-0.4, -0.2) is 16.3 Å². The number of para-hydroxylation sites is 1. The number of aromatic nitrogens is 1. The molecule has 1 N–H and O–H groups in total. The molecule has 0 aliphatic heterocycles. The van der Waals surface area contributed by atoms with E-state index in [0.29, 0.717) is 28.5 Å². The summed E-state index contributed by atoms with van der Waals surface area (Å²) in [5, 5.41) is 15.6. The lowest BCUT2D eigenvalue weighted by molar-refractivity contribution is 0.341. The van der Waals surface area contributed by atoms with E-state index in [1.165, 1.54) is 34.4 Å². The van der Waals surface area contributed by atoms with Crippen LogP contribution in [-0.2, 0) is 6.42 Å². The predicted molar refractivity (Wildman–Crippen MR) is 147 cm³/mol. The van der Waals surface area contributed by atoms with Gasteiger partial charge < -0.3 is 14.4 Å². The summed E-state index contributed by atoms with van der Waals surface area (Å²) in [4.78, 5) is 0.596. The summed E-state index contributed by atoms with van der Waals surface area (Å²) < 4.78 is 21.9. The Morgan fingerprint density at radius 3 is 2.49 bits per heavy atom. The normalized spacial score (nSPS) is 11.0. The van der Waals surface area contributed by atoms with Gasteiger partial charge in [-0.2, -0.15) is 0 Å². The van der Waals surface area contributed by atoms with Crippen LogP contribution in [0.2, 0.25) is 0 Å². The van der Waals surface area contributed by atoms with Crippen molar-refractivity contribution in [2.45, 2.75) is 47.0 Å². The average molecular weight is 490 g/mol. The zero-order chi connectivity index (χ0) is 24.9. The summed E-state index contributed by atoms with van der Waals surface area (Å²) >= 11 is 1.39. The van der Waals surface area contributed by atoms with Crippen molar-refractivity contribution in [3.63, 3.8) is 0 Å². The van der Waals surface area contributed by atoms with Crippen LogP contribution in [0.3, 0.4) is 0 Å². The molecule has 3 aromatic carbocycles. The topological polar surface area (TPSA) is 34.4 Å². The minimum absolute atomic E-state index is 0.129. The molecule has 3 nitrogen and oxygen atoms in total. The van der Waals surface area contributed by atoms with Gasteiger partial charge in [-0.1, -0.05) is 51.5 Å². The average Bonchev–Trinajstić information content (AvgIpc) is 3.42. The van der Waals surface area contributed by atoms with Crippen molar-refractivity contribution in [3.05, 3.63) is 77.4 Å². The van der Waals surface area contributed by atoms with E-state index in [1.54, 1.807) is 6.07 Å². The highest BCUT2D eigenvalue weighted by molar-refractivity contribution is 7.14. The van der Waals surface area contributed by atoms with Gasteiger partial charge >= 0.3 is 0 Å². The number of ether oxygens (including phenoxy) is 1. The van der Waals surface area contributed by atoms with E-state index >= 15 is 0 Å². The van der Waals surface area contributed by atoms with E-state index in [1.807, 2.05) is 38.3 Å². The van der Waals surface area contributed by atoms with E-state index in [0.717, 1.165) is 35.7 Å². The van der Waals surface area contributed by atoms with E-state index in [9.17, 15) is 9.50 Å². The smallest absolute Gasteiger partial charge is 0.158 e. The Kier molecular flexibility index (Phi) is 7.76. The molecule has 5 rings (SSSR count). The molecule has 0 atom stereocenters. The fraction of sp³-hybridized carbons (Fsp3) is 0.267. The van der Waals surface area contributed by atoms with Crippen LogP contribution in [0.1, 0.15) is 46.1 Å². The molecule has 2 aromatic heterocycles. The summed E-state index contributed by atoms with van der Waals surface area (Å²) in [6.45, 7) is 8.56. The molecule has 0 aliphatic rings. The van der Waals surface area contributed by atoms with Gasteiger partial charge in [-0.25, -0.2) is 4.39 Å². The first kappa shape index (κ1) is 24.8. The molecule has 0 unspecified atom stereocenters. The number of aryl methyl sites for hydroxylation is 1. The molecule has 5 heteroatoms. The van der Waals surface area contributed by atoms with Crippen molar-refractivity contribution in [2.75, 3.05) is 6.61 Å². The van der Waals surface area contributed by atoms with Crippen molar-refractivity contribution < 1.29 is 14.2 Å². The number of nitrogens with zero attached hydrogens (tertiary/aromatic N) is 1. The largest absolute Gasteiger partial charge is 0.504 e. The number of benzene rings is 3. The molecule has 0 amide bonds. The summed E-state index contributed by atoms with van der Waals surface area (Å²) in [5.41, 5.74) is 4.65. The summed E-state index contributed by atoms with van der Waals surface area (Å²) in [6, 6.07) is 19.3. The number of rotatable bonds is 7. The van der Waals surface area contributed by atoms with Crippen molar-refractivity contribution in [3.8, 4) is 27.6 Å². The van der Waals surface area contributed by atoms with Crippen LogP contribution in [0.25, 0.3) is 37.9 Å². The molecule has 0 radical (unpaired) electrons. The Morgan fingerprint density at radius 2 is 1.71 bits per heavy atom. The zero-order valence-corrected chi connectivity index (χ0v) is 21.6. The molecule has 5 aromatic rings. The van der Waals surface area contributed by atoms with Gasteiger partial charge in [0, 0.05) is 21.7 Å². The van der Waals surface area contributed by atoms with E-state index in [-0.39, 0.29) is 11.6 Å². The standard InChI is InChI=1S/C28H26FNO2S.C2H6/c1-3-5-8-18-11-13-24-21(15-18)20-9-6-7-10-23(20)30(24)25-17-33-28(27(25)31)22-16-19(29)12-14-26(22)32-4-2;1-2/h6-7,9-17,31H,3-5,8H2,1-2H3;1-2H3. The van der Waals surface area contributed by atoms with Gasteiger partial charge in [0.2, 0.25) is 0 Å². The maximum Gasteiger partial charge on any atom is 0.158 e. The third-order valence-corrected chi connectivity index (χ3v) is 7.02. The lowest BCUT2D eigenvalue weighted by atomic mass is 10.0. The van der Waals surface area contributed by atoms with Crippen LogP contribution in [0.5, 0.6) is 11.5 Å². The Bertz CT molecular complexity index is 1450. The quantitative estimate of drug-likeness (QED) is 0.247. The minimum atomic E-state index is -0.362. The number of halogens is 1. The minimum Gasteiger partial charge on any atom is -0.504 e. The lowest BCUT2D eigenvalue weighted by Crippen LogP contribution is -1.95. The third-order valence-electron chi connectivity index (χ3n) is 6.03. The SMILES string of the molecule is CC.CCCCc1ccc2c(c1)c1ccccc1n2-c1csc(-c2cc(F)ccc2OCC)c1O. The number of hydrogen-bond donors (Lipinski definition) is 1. The van der Waals surface area contributed by atoms with Crippen molar-refractivity contribution >= 4 is 33.1 Å². The summed E-state index contributed by atoms with van der Waals surface area (Å²) in [6.07, 6.45) is 3.38. The van der Waals surface area contributed by atoms with Crippen LogP contribution in [0.4, 0.5) is 4.39 Å². The van der Waals surface area contributed by atoms with Gasteiger partial charge in [-0.15, -0.1) is 11.3 Å². The Hall–Kier alpha value is -3.31. The molecular weight excluding hydrogens is 457 g/mol. The van der Waals surface area contributed by atoms with Gasteiger partial charge in [-0.3, -0.25) is 0 Å². The van der Waals surface area contributed by atoms with E-state index in [4.69, 9.17) is 4.74 Å². The van der Waals surface area contributed by atoms with Crippen LogP contribution < -0.4 is 4.74 Å². The molecular formula is C30H32FNO2S. The number of thiophene rings is 1. The van der Waals surface area contributed by atoms with E-state index < -0.39 is 0 Å². The molecule has 0 saturated carbocycles. The molecule has 2 heterocycles. The van der Waals surface area contributed by atoms with Crippen LogP contribution >= 0.6 is 11.3 Å². The number of unbranched alkanes of at least 4 members (excludes halogenated alkanes) is 1. The fourth-order valence-corrected chi connectivity index (χ4v) is 5.42. The molecule has 182 valence electrons. The van der Waals surface area contributed by atoms with Gasteiger partial charge in [-0.05, 0) is 61.7 Å². The maximum atomic E-state index is 14.1. The van der Waals surface area contributed by atoms with Gasteiger partial charge in [0.25, 0.3) is 0 Å². The van der Waals surface area contributed by atoms with Crippen molar-refractivity contribution in [1.82, 2.24) is 4.57 Å². The zero-order valence-electron chi connectivity index (χ0n) is 20.8. The van der Waals surface area contributed by atoms with Crippen molar-refractivity contribution in [2.24, 2.45) is 0 Å². The highest BCUT2D eigenvalue weighted by Gasteiger charge is 2.21. The number of fused-ring (bicyclic) bond motifs is 3. The summed E-state index contributed by atoms with van der Waals surface area (Å²) in [7, 11) is 0. The molecule has 0 saturated heterocycles. The monoisotopic (exact) mass is 489 g/mol. The van der Waals surface area contributed by atoms with E-state index in [2.05, 4.69) is 41.8 Å². The molecule has 0 spiro atoms. The predicted octanol–water partition coefficient (Wildman–Crippen LogP) is 9.12. The first-order valence-corrected chi connectivity index (χ1v) is 13.3. The molecule has 0 bridgehead atoms. The van der Waals surface area contributed by atoms with Crippen LogP contribution in [0.15, 0.2) is 66.0 Å². The maximum absolute atomic E-state index is 14.1. The van der Waals surface area contributed by atoms with Crippen molar-refractivity contribution in [1.29, 1.82) is 0 Å². The molecule has 0 aliphatic carbocycles. The first-order valence-electron chi connectivity index (χ1n) is 12.4. The van der Waals surface area contributed by atoms with Gasteiger partial charge in [0.1, 0.15) is 11.6 Å². The molecule has 0 fully saturated rings. The molecule has 35 heavy (non-hydrogen) atoms.